The van der Waals surface area contributed by atoms with Crippen LogP contribution in [0.2, 0.25) is 0 Å². The molecule has 1 atom stereocenters. The normalized spacial score (nSPS) is 36.3. The quantitative estimate of drug-likeness (QED) is 0.563. The zero-order valence-electron chi connectivity index (χ0n) is 6.68. The van der Waals surface area contributed by atoms with Gasteiger partial charge in [-0.25, -0.2) is 0 Å². The maximum atomic E-state index is 9.38. The molecule has 0 aromatic carbocycles. The SMILES string of the molecule is OC1CNC2(CCSCC2)C1. The summed E-state index contributed by atoms with van der Waals surface area (Å²) in [7, 11) is 0. The molecule has 64 valence electrons. The molecule has 0 radical (unpaired) electrons. The average Bonchev–Trinajstić information content (AvgIpc) is 2.34. The van der Waals surface area contributed by atoms with Gasteiger partial charge in [-0.2, -0.15) is 11.8 Å². The summed E-state index contributed by atoms with van der Waals surface area (Å²) in [6, 6.07) is 0. The first-order valence-electron chi connectivity index (χ1n) is 4.32. The Morgan fingerprint density at radius 1 is 1.36 bits per heavy atom. The fourth-order valence-electron chi connectivity index (χ4n) is 2.07. The topological polar surface area (TPSA) is 32.3 Å². The van der Waals surface area contributed by atoms with Crippen LogP contribution < -0.4 is 5.32 Å². The zero-order chi connectivity index (χ0) is 7.73. The molecular weight excluding hydrogens is 158 g/mol. The molecule has 3 heteroatoms. The van der Waals surface area contributed by atoms with Gasteiger partial charge in [-0.15, -0.1) is 0 Å². The predicted octanol–water partition coefficient (Wildman–Crippen LogP) is 0.606. The van der Waals surface area contributed by atoms with E-state index in [2.05, 4.69) is 5.32 Å². The van der Waals surface area contributed by atoms with E-state index in [1.54, 1.807) is 0 Å². The van der Waals surface area contributed by atoms with Crippen LogP contribution in [0.15, 0.2) is 0 Å². The van der Waals surface area contributed by atoms with Gasteiger partial charge in [0.05, 0.1) is 6.10 Å². The minimum Gasteiger partial charge on any atom is -0.392 e. The van der Waals surface area contributed by atoms with E-state index in [4.69, 9.17) is 0 Å². The highest BCUT2D eigenvalue weighted by atomic mass is 32.2. The number of nitrogens with one attached hydrogen (secondary N) is 1. The summed E-state index contributed by atoms with van der Waals surface area (Å²) in [4.78, 5) is 0. The van der Waals surface area contributed by atoms with E-state index in [1.807, 2.05) is 11.8 Å². The Kier molecular flexibility index (Phi) is 2.12. The van der Waals surface area contributed by atoms with Crippen LogP contribution in [-0.2, 0) is 0 Å². The maximum Gasteiger partial charge on any atom is 0.0682 e. The van der Waals surface area contributed by atoms with Crippen molar-refractivity contribution < 1.29 is 5.11 Å². The lowest BCUT2D eigenvalue weighted by Gasteiger charge is -2.33. The molecule has 1 unspecified atom stereocenters. The first-order valence-corrected chi connectivity index (χ1v) is 5.47. The van der Waals surface area contributed by atoms with Crippen LogP contribution in [0.4, 0.5) is 0 Å². The van der Waals surface area contributed by atoms with Gasteiger partial charge in [0, 0.05) is 12.1 Å². The molecule has 0 saturated carbocycles. The van der Waals surface area contributed by atoms with Gasteiger partial charge in [0.2, 0.25) is 0 Å². The Hall–Kier alpha value is 0.270. The Labute approximate surface area is 71.7 Å². The molecule has 2 nitrogen and oxygen atoms in total. The van der Waals surface area contributed by atoms with Crippen LogP contribution in [0, 0.1) is 0 Å². The number of aliphatic hydroxyl groups is 1. The van der Waals surface area contributed by atoms with Gasteiger partial charge in [-0.3, -0.25) is 0 Å². The monoisotopic (exact) mass is 173 g/mol. The van der Waals surface area contributed by atoms with Crippen molar-refractivity contribution in [3.8, 4) is 0 Å². The fraction of sp³-hybridized carbons (Fsp3) is 1.00. The summed E-state index contributed by atoms with van der Waals surface area (Å²) in [5, 5.41) is 12.8. The number of aliphatic hydroxyl groups excluding tert-OH is 1. The summed E-state index contributed by atoms with van der Waals surface area (Å²) < 4.78 is 0. The summed E-state index contributed by atoms with van der Waals surface area (Å²) in [6.07, 6.45) is 3.38. The second-order valence-corrected chi connectivity index (χ2v) is 4.86. The van der Waals surface area contributed by atoms with Gasteiger partial charge < -0.3 is 10.4 Å². The van der Waals surface area contributed by atoms with Gasteiger partial charge in [-0.1, -0.05) is 0 Å². The van der Waals surface area contributed by atoms with Gasteiger partial charge >= 0.3 is 0 Å². The minimum absolute atomic E-state index is 0.0851. The van der Waals surface area contributed by atoms with Crippen LogP contribution in [0.1, 0.15) is 19.3 Å². The largest absolute Gasteiger partial charge is 0.392 e. The number of hydrogen-bond donors (Lipinski definition) is 2. The number of rotatable bonds is 0. The summed E-state index contributed by atoms with van der Waals surface area (Å²) in [5.41, 5.74) is 0.324. The predicted molar refractivity (Wildman–Crippen MR) is 47.9 cm³/mol. The van der Waals surface area contributed by atoms with Crippen molar-refractivity contribution in [3.05, 3.63) is 0 Å². The zero-order valence-corrected chi connectivity index (χ0v) is 7.49. The van der Waals surface area contributed by atoms with Gasteiger partial charge in [0.25, 0.3) is 0 Å². The highest BCUT2D eigenvalue weighted by Gasteiger charge is 2.38. The summed E-state index contributed by atoms with van der Waals surface area (Å²) >= 11 is 2.04. The third-order valence-corrected chi connectivity index (χ3v) is 3.77. The van der Waals surface area contributed by atoms with Crippen LogP contribution in [0.5, 0.6) is 0 Å². The third-order valence-electron chi connectivity index (χ3n) is 2.79. The fourth-order valence-corrected chi connectivity index (χ4v) is 3.35. The second kappa shape index (κ2) is 2.96. The maximum absolute atomic E-state index is 9.38. The molecule has 1 spiro atoms. The molecule has 2 fully saturated rings. The lowest BCUT2D eigenvalue weighted by Crippen LogP contribution is -2.42. The van der Waals surface area contributed by atoms with Crippen LogP contribution in [0.3, 0.4) is 0 Å². The van der Waals surface area contributed by atoms with Crippen LogP contribution in [0.25, 0.3) is 0 Å². The minimum atomic E-state index is -0.0851. The Balaban J connectivity index is 1.98. The summed E-state index contributed by atoms with van der Waals surface area (Å²) in [6.45, 7) is 0.810. The molecule has 0 bridgehead atoms. The molecule has 11 heavy (non-hydrogen) atoms. The van der Waals surface area contributed by atoms with Crippen molar-refractivity contribution in [1.29, 1.82) is 0 Å². The second-order valence-electron chi connectivity index (χ2n) is 3.63. The Bertz CT molecular complexity index is 140. The first kappa shape index (κ1) is 7.90. The smallest absolute Gasteiger partial charge is 0.0682 e. The van der Waals surface area contributed by atoms with Crippen LogP contribution >= 0.6 is 11.8 Å². The lowest BCUT2D eigenvalue weighted by molar-refractivity contribution is 0.182. The molecule has 0 aliphatic carbocycles. The van der Waals surface area contributed by atoms with Crippen molar-refractivity contribution in [2.24, 2.45) is 0 Å². The van der Waals surface area contributed by atoms with Crippen molar-refractivity contribution in [2.45, 2.75) is 30.9 Å². The van der Waals surface area contributed by atoms with E-state index in [0.29, 0.717) is 5.54 Å². The molecule has 2 aliphatic rings. The average molecular weight is 173 g/mol. The highest BCUT2D eigenvalue weighted by molar-refractivity contribution is 7.99. The van der Waals surface area contributed by atoms with Crippen molar-refractivity contribution in [2.75, 3.05) is 18.1 Å². The molecule has 2 aliphatic heterocycles. The molecular formula is C8H15NOS. The summed E-state index contributed by atoms with van der Waals surface area (Å²) in [5.74, 6) is 2.53. The number of hydrogen-bond acceptors (Lipinski definition) is 3. The van der Waals surface area contributed by atoms with E-state index in [1.165, 1.54) is 24.3 Å². The van der Waals surface area contributed by atoms with Crippen molar-refractivity contribution in [3.63, 3.8) is 0 Å². The van der Waals surface area contributed by atoms with Crippen LogP contribution in [-0.4, -0.2) is 34.8 Å². The van der Waals surface area contributed by atoms with E-state index < -0.39 is 0 Å². The third kappa shape index (κ3) is 1.55. The Morgan fingerprint density at radius 3 is 2.64 bits per heavy atom. The molecule has 2 heterocycles. The lowest BCUT2D eigenvalue weighted by atomic mass is 9.90. The molecule has 0 aromatic heterocycles. The molecule has 2 saturated heterocycles. The molecule has 2 rings (SSSR count). The van der Waals surface area contributed by atoms with Gasteiger partial charge in [0.1, 0.15) is 0 Å². The van der Waals surface area contributed by atoms with E-state index >= 15 is 0 Å². The number of thioether (sulfide) groups is 1. The Morgan fingerprint density at radius 2 is 2.09 bits per heavy atom. The highest BCUT2D eigenvalue weighted by Crippen LogP contribution is 2.33. The molecule has 0 amide bonds. The van der Waals surface area contributed by atoms with E-state index in [0.717, 1.165) is 13.0 Å². The van der Waals surface area contributed by atoms with E-state index in [-0.39, 0.29) is 6.10 Å². The van der Waals surface area contributed by atoms with E-state index in [9.17, 15) is 5.11 Å². The molecule has 0 aromatic rings. The van der Waals surface area contributed by atoms with Crippen molar-refractivity contribution in [1.82, 2.24) is 5.32 Å². The number of β-amino-alcohol motifs (C(OH)–C–C–N with tert-alkyl or cyclic N) is 1. The van der Waals surface area contributed by atoms with Crippen molar-refractivity contribution >= 4 is 11.8 Å². The standard InChI is InChI=1S/C8H15NOS/c10-7-5-8(9-6-7)1-3-11-4-2-8/h7,9-10H,1-6H2. The van der Waals surface area contributed by atoms with Gasteiger partial charge in [-0.05, 0) is 30.8 Å². The van der Waals surface area contributed by atoms with Gasteiger partial charge in [0.15, 0.2) is 0 Å². The molecule has 2 N–H and O–H groups in total. The first-order chi connectivity index (χ1) is 5.31.